The second kappa shape index (κ2) is 7.97. The summed E-state index contributed by atoms with van der Waals surface area (Å²) in [6.45, 7) is 7.70. The molecule has 2 unspecified atom stereocenters. The number of aromatic nitrogens is 2. The third-order valence-electron chi connectivity index (χ3n) is 4.88. The van der Waals surface area contributed by atoms with E-state index in [9.17, 15) is 9.18 Å². The molecule has 136 valence electrons. The molecule has 7 heteroatoms. The maximum absolute atomic E-state index is 13.1. The van der Waals surface area contributed by atoms with E-state index in [1.54, 1.807) is 23.0 Å². The van der Waals surface area contributed by atoms with Crippen molar-refractivity contribution in [1.82, 2.24) is 20.4 Å². The Bertz CT molecular complexity index is 727. The third-order valence-corrected chi connectivity index (χ3v) is 4.88. The van der Waals surface area contributed by atoms with Crippen LogP contribution < -0.4 is 10.6 Å². The van der Waals surface area contributed by atoms with Crippen molar-refractivity contribution in [2.24, 2.45) is 11.8 Å². The predicted molar refractivity (Wildman–Crippen MR) is 97.6 cm³/mol. The van der Waals surface area contributed by atoms with E-state index in [1.165, 1.54) is 12.1 Å². The fourth-order valence-corrected chi connectivity index (χ4v) is 2.99. The SMILES string of the molecule is Cc1c(C(C)NC(=O)C(C)C2CNC2)cnn1-c1ccc(F)cc1.Cl. The van der Waals surface area contributed by atoms with Crippen LogP contribution in [0, 0.1) is 24.6 Å². The van der Waals surface area contributed by atoms with Gasteiger partial charge in [0.05, 0.1) is 17.9 Å². The molecule has 0 spiro atoms. The van der Waals surface area contributed by atoms with Crippen LogP contribution in [0.1, 0.15) is 31.1 Å². The van der Waals surface area contributed by atoms with E-state index < -0.39 is 0 Å². The zero-order valence-corrected chi connectivity index (χ0v) is 15.4. The molecule has 1 aromatic heterocycles. The molecule has 2 aromatic rings. The van der Waals surface area contributed by atoms with Gasteiger partial charge >= 0.3 is 0 Å². The summed E-state index contributed by atoms with van der Waals surface area (Å²) in [6, 6.07) is 6.08. The van der Waals surface area contributed by atoms with Gasteiger partial charge in [0.2, 0.25) is 5.91 Å². The number of nitrogens with one attached hydrogen (secondary N) is 2. The topological polar surface area (TPSA) is 59.0 Å². The monoisotopic (exact) mass is 366 g/mol. The molecule has 1 aliphatic heterocycles. The van der Waals surface area contributed by atoms with E-state index in [2.05, 4.69) is 15.7 Å². The molecule has 1 saturated heterocycles. The van der Waals surface area contributed by atoms with Gasteiger partial charge in [-0.05, 0) is 57.1 Å². The van der Waals surface area contributed by atoms with Crippen LogP contribution in [0.15, 0.2) is 30.5 Å². The number of nitrogens with zero attached hydrogens (tertiary/aromatic N) is 2. The molecule has 2 heterocycles. The first-order valence-electron chi connectivity index (χ1n) is 8.29. The van der Waals surface area contributed by atoms with Gasteiger partial charge in [0.1, 0.15) is 5.82 Å². The first kappa shape index (κ1) is 19.4. The van der Waals surface area contributed by atoms with Crippen LogP contribution in [-0.4, -0.2) is 28.8 Å². The van der Waals surface area contributed by atoms with Gasteiger partial charge in [-0.15, -0.1) is 12.4 Å². The number of benzene rings is 1. The van der Waals surface area contributed by atoms with Gasteiger partial charge in [0, 0.05) is 17.2 Å². The summed E-state index contributed by atoms with van der Waals surface area (Å²) in [5.41, 5.74) is 2.70. The van der Waals surface area contributed by atoms with Gasteiger partial charge in [0.25, 0.3) is 0 Å². The molecule has 0 aliphatic carbocycles. The highest BCUT2D eigenvalue weighted by atomic mass is 35.5. The Morgan fingerprint density at radius 2 is 1.96 bits per heavy atom. The Balaban J connectivity index is 0.00000225. The standard InChI is InChI=1S/C18H23FN4O.ClH/c1-11(14-8-20-9-14)18(24)22-12(2)17-10-21-23(13(17)3)16-6-4-15(19)5-7-16;/h4-7,10-12,14,20H,8-9H2,1-3H3,(H,22,24);1H. The Morgan fingerprint density at radius 1 is 1.32 bits per heavy atom. The second-order valence-electron chi connectivity index (χ2n) is 6.51. The summed E-state index contributed by atoms with van der Waals surface area (Å²) in [5, 5.41) is 10.7. The summed E-state index contributed by atoms with van der Waals surface area (Å²) in [6.07, 6.45) is 1.76. The zero-order valence-electron chi connectivity index (χ0n) is 14.6. The first-order chi connectivity index (χ1) is 11.5. The summed E-state index contributed by atoms with van der Waals surface area (Å²) < 4.78 is 14.8. The number of hydrogen-bond donors (Lipinski definition) is 2. The Kier molecular flexibility index (Phi) is 6.19. The van der Waals surface area contributed by atoms with Crippen LogP contribution in [-0.2, 0) is 4.79 Å². The molecule has 0 bridgehead atoms. The minimum atomic E-state index is -0.274. The number of hydrogen-bond acceptors (Lipinski definition) is 3. The Morgan fingerprint density at radius 3 is 2.52 bits per heavy atom. The van der Waals surface area contributed by atoms with Crippen LogP contribution in [0.25, 0.3) is 5.69 Å². The number of halogens is 2. The van der Waals surface area contributed by atoms with Crippen molar-refractivity contribution >= 4 is 18.3 Å². The lowest BCUT2D eigenvalue weighted by Gasteiger charge is -2.32. The quantitative estimate of drug-likeness (QED) is 0.855. The average Bonchev–Trinajstić information content (AvgIpc) is 2.88. The predicted octanol–water partition coefficient (Wildman–Crippen LogP) is 2.77. The van der Waals surface area contributed by atoms with Gasteiger partial charge in [0.15, 0.2) is 0 Å². The van der Waals surface area contributed by atoms with Crippen molar-refractivity contribution in [3.05, 3.63) is 47.5 Å². The van der Waals surface area contributed by atoms with Crippen LogP contribution in [0.3, 0.4) is 0 Å². The minimum absolute atomic E-state index is 0. The lowest BCUT2D eigenvalue weighted by atomic mass is 9.88. The molecule has 1 aromatic carbocycles. The van der Waals surface area contributed by atoms with Crippen molar-refractivity contribution in [3.63, 3.8) is 0 Å². The van der Waals surface area contributed by atoms with Crippen LogP contribution in [0.4, 0.5) is 4.39 Å². The highest BCUT2D eigenvalue weighted by Crippen LogP contribution is 2.22. The summed E-state index contributed by atoms with van der Waals surface area (Å²) in [4.78, 5) is 12.4. The minimum Gasteiger partial charge on any atom is -0.349 e. The number of carbonyl (C=O) groups excluding carboxylic acids is 1. The molecule has 3 rings (SSSR count). The molecule has 2 atom stereocenters. The lowest BCUT2D eigenvalue weighted by Crippen LogP contribution is -2.49. The fourth-order valence-electron chi connectivity index (χ4n) is 2.99. The number of rotatable bonds is 5. The summed E-state index contributed by atoms with van der Waals surface area (Å²) in [5.74, 6) is 0.216. The van der Waals surface area contributed by atoms with Gasteiger partial charge in [-0.25, -0.2) is 9.07 Å². The summed E-state index contributed by atoms with van der Waals surface area (Å²) >= 11 is 0. The molecule has 0 radical (unpaired) electrons. The van der Waals surface area contributed by atoms with E-state index in [4.69, 9.17) is 0 Å². The fraction of sp³-hybridized carbons (Fsp3) is 0.444. The second-order valence-corrected chi connectivity index (χ2v) is 6.51. The van der Waals surface area contributed by atoms with Crippen LogP contribution in [0.5, 0.6) is 0 Å². The van der Waals surface area contributed by atoms with Gasteiger partial charge in [-0.2, -0.15) is 5.10 Å². The highest BCUT2D eigenvalue weighted by molar-refractivity contribution is 5.85. The van der Waals surface area contributed by atoms with Crippen molar-refractivity contribution in [2.45, 2.75) is 26.8 Å². The van der Waals surface area contributed by atoms with E-state index in [0.717, 1.165) is 30.0 Å². The van der Waals surface area contributed by atoms with Crippen molar-refractivity contribution in [2.75, 3.05) is 13.1 Å². The molecule has 5 nitrogen and oxygen atoms in total. The summed E-state index contributed by atoms with van der Waals surface area (Å²) in [7, 11) is 0. The molecule has 0 saturated carbocycles. The zero-order chi connectivity index (χ0) is 17.3. The third kappa shape index (κ3) is 4.02. The Labute approximate surface area is 153 Å². The highest BCUT2D eigenvalue weighted by Gasteiger charge is 2.29. The van der Waals surface area contributed by atoms with E-state index >= 15 is 0 Å². The molecule has 1 amide bonds. The maximum Gasteiger partial charge on any atom is 0.223 e. The van der Waals surface area contributed by atoms with E-state index in [-0.39, 0.29) is 36.1 Å². The molecular formula is C18H24ClFN4O. The van der Waals surface area contributed by atoms with Gasteiger partial charge in [-0.1, -0.05) is 6.92 Å². The van der Waals surface area contributed by atoms with E-state index in [0.29, 0.717) is 5.92 Å². The van der Waals surface area contributed by atoms with Crippen molar-refractivity contribution in [1.29, 1.82) is 0 Å². The molecular weight excluding hydrogens is 343 g/mol. The van der Waals surface area contributed by atoms with Crippen LogP contribution in [0.2, 0.25) is 0 Å². The van der Waals surface area contributed by atoms with Crippen molar-refractivity contribution < 1.29 is 9.18 Å². The van der Waals surface area contributed by atoms with Crippen molar-refractivity contribution in [3.8, 4) is 5.69 Å². The maximum atomic E-state index is 13.1. The van der Waals surface area contributed by atoms with Crippen LogP contribution >= 0.6 is 12.4 Å². The lowest BCUT2D eigenvalue weighted by molar-refractivity contribution is -0.127. The Hall–Kier alpha value is -1.92. The molecule has 25 heavy (non-hydrogen) atoms. The largest absolute Gasteiger partial charge is 0.349 e. The average molecular weight is 367 g/mol. The smallest absolute Gasteiger partial charge is 0.223 e. The number of carbonyl (C=O) groups is 1. The first-order valence-corrected chi connectivity index (χ1v) is 8.29. The molecule has 2 N–H and O–H groups in total. The van der Waals surface area contributed by atoms with Gasteiger partial charge < -0.3 is 10.6 Å². The molecule has 1 fully saturated rings. The van der Waals surface area contributed by atoms with Gasteiger partial charge in [-0.3, -0.25) is 4.79 Å². The van der Waals surface area contributed by atoms with E-state index in [1.807, 2.05) is 20.8 Å². The number of amides is 1. The molecule has 1 aliphatic rings. The normalized spacial score (nSPS) is 16.5.